The molecule has 2 atom stereocenters. The van der Waals surface area contributed by atoms with Gasteiger partial charge in [-0.3, -0.25) is 0 Å². The van der Waals surface area contributed by atoms with E-state index in [2.05, 4.69) is 4.85 Å². The summed E-state index contributed by atoms with van der Waals surface area (Å²) < 4.78 is 16.5. The third-order valence-corrected chi connectivity index (χ3v) is 3.88. The molecule has 0 heterocycles. The third-order valence-electron chi connectivity index (χ3n) is 3.88. The highest BCUT2D eigenvalue weighted by Crippen LogP contribution is 2.19. The lowest BCUT2D eigenvalue weighted by atomic mass is 10.1. The van der Waals surface area contributed by atoms with Crippen LogP contribution in [0.5, 0.6) is 11.5 Å². The number of carboxylic acids is 1. The van der Waals surface area contributed by atoms with E-state index in [4.69, 9.17) is 20.8 Å². The Kier molecular flexibility index (Phi) is 8.46. The number of hydrogen-bond acceptors (Lipinski definition) is 5. The predicted molar refractivity (Wildman–Crippen MR) is 107 cm³/mol. The van der Waals surface area contributed by atoms with Crippen molar-refractivity contribution in [3.63, 3.8) is 0 Å². The van der Waals surface area contributed by atoms with E-state index < -0.39 is 18.2 Å². The maximum Gasteiger partial charge on any atom is 0.333 e. The molecule has 2 rings (SSSR count). The van der Waals surface area contributed by atoms with E-state index in [1.165, 1.54) is 0 Å². The fourth-order valence-electron chi connectivity index (χ4n) is 2.55. The molecule has 7 heteroatoms. The normalized spacial score (nSPS) is 12.8. The van der Waals surface area contributed by atoms with Gasteiger partial charge in [0, 0.05) is 6.42 Å². The number of carbonyl (C=O) groups is 1. The van der Waals surface area contributed by atoms with Crippen LogP contribution in [-0.2, 0) is 16.0 Å². The number of ether oxygens (including phenoxy) is 3. The van der Waals surface area contributed by atoms with E-state index in [0.29, 0.717) is 17.2 Å². The molecule has 0 radical (unpaired) electrons. The molecule has 154 valence electrons. The molecule has 2 aromatic rings. The zero-order valence-electron chi connectivity index (χ0n) is 16.4. The van der Waals surface area contributed by atoms with E-state index >= 15 is 0 Å². The zero-order valence-corrected chi connectivity index (χ0v) is 16.4. The Morgan fingerprint density at radius 3 is 2.31 bits per heavy atom. The van der Waals surface area contributed by atoms with Crippen molar-refractivity contribution >= 4 is 11.7 Å². The molecule has 0 saturated heterocycles. The standard InChI is InChI=1S/C22H25NO6/c1-15(2)29-21(22(25)26)12-16-5-4-6-20(11-16)28-14-18(24)13-27-19-9-7-17(23-3)8-10-19/h4-11,15,18,21,24H,12-14H2,1-2H3,(H,25,26). The van der Waals surface area contributed by atoms with Gasteiger partial charge in [0.1, 0.15) is 30.8 Å². The first-order valence-corrected chi connectivity index (χ1v) is 9.25. The Bertz CT molecular complexity index is 828. The van der Waals surface area contributed by atoms with Crippen molar-refractivity contribution in [2.45, 2.75) is 38.6 Å². The molecular formula is C22H25NO6. The van der Waals surface area contributed by atoms with E-state index in [1.54, 1.807) is 62.4 Å². The van der Waals surface area contributed by atoms with Gasteiger partial charge in [-0.2, -0.15) is 0 Å². The van der Waals surface area contributed by atoms with Gasteiger partial charge in [0.15, 0.2) is 11.8 Å². The van der Waals surface area contributed by atoms with Gasteiger partial charge >= 0.3 is 5.97 Å². The van der Waals surface area contributed by atoms with E-state index in [9.17, 15) is 15.0 Å². The van der Waals surface area contributed by atoms with Crippen LogP contribution in [0.15, 0.2) is 48.5 Å². The highest BCUT2D eigenvalue weighted by atomic mass is 16.5. The zero-order chi connectivity index (χ0) is 21.2. The third kappa shape index (κ3) is 7.82. The summed E-state index contributed by atoms with van der Waals surface area (Å²) in [5.74, 6) is 0.0713. The molecule has 0 amide bonds. The van der Waals surface area contributed by atoms with Crippen LogP contribution < -0.4 is 9.47 Å². The van der Waals surface area contributed by atoms with Crippen LogP contribution >= 0.6 is 0 Å². The fraction of sp³-hybridized carbons (Fsp3) is 0.364. The molecule has 0 aliphatic heterocycles. The van der Waals surface area contributed by atoms with Gasteiger partial charge in [-0.05, 0) is 43.7 Å². The summed E-state index contributed by atoms with van der Waals surface area (Å²) in [7, 11) is 0. The number of aliphatic hydroxyl groups is 1. The minimum absolute atomic E-state index is 0.0223. The van der Waals surface area contributed by atoms with Gasteiger partial charge in [-0.1, -0.05) is 24.3 Å². The molecule has 0 fully saturated rings. The first-order chi connectivity index (χ1) is 13.9. The maximum atomic E-state index is 11.3. The summed E-state index contributed by atoms with van der Waals surface area (Å²) >= 11 is 0. The monoisotopic (exact) mass is 399 g/mol. The summed E-state index contributed by atoms with van der Waals surface area (Å²) in [6.07, 6.45) is -1.76. The molecular weight excluding hydrogens is 374 g/mol. The molecule has 0 aliphatic rings. The van der Waals surface area contributed by atoms with Crippen molar-refractivity contribution in [3.8, 4) is 11.5 Å². The lowest BCUT2D eigenvalue weighted by Gasteiger charge is -2.17. The summed E-state index contributed by atoms with van der Waals surface area (Å²) in [5.41, 5.74) is 1.28. The lowest BCUT2D eigenvalue weighted by molar-refractivity contribution is -0.153. The van der Waals surface area contributed by atoms with Crippen LogP contribution in [0.2, 0.25) is 0 Å². The van der Waals surface area contributed by atoms with Crippen molar-refractivity contribution in [1.29, 1.82) is 0 Å². The van der Waals surface area contributed by atoms with Crippen LogP contribution in [0, 0.1) is 6.57 Å². The van der Waals surface area contributed by atoms with Gasteiger partial charge in [-0.25, -0.2) is 9.64 Å². The second-order valence-electron chi connectivity index (χ2n) is 6.74. The van der Waals surface area contributed by atoms with Crippen molar-refractivity contribution in [1.82, 2.24) is 0 Å². The number of rotatable bonds is 11. The Labute approximate surface area is 170 Å². The quantitative estimate of drug-likeness (QED) is 0.563. The maximum absolute atomic E-state index is 11.3. The van der Waals surface area contributed by atoms with Crippen molar-refractivity contribution in [2.75, 3.05) is 13.2 Å². The minimum atomic E-state index is -1.01. The average molecular weight is 399 g/mol. The number of nitrogens with zero attached hydrogens (tertiary/aromatic N) is 1. The van der Waals surface area contributed by atoms with Gasteiger partial charge in [0.25, 0.3) is 0 Å². The molecule has 0 spiro atoms. The Balaban J connectivity index is 1.84. The fourth-order valence-corrected chi connectivity index (χ4v) is 2.55. The van der Waals surface area contributed by atoms with Crippen LogP contribution in [0.25, 0.3) is 4.85 Å². The van der Waals surface area contributed by atoms with Crippen molar-refractivity contribution in [3.05, 3.63) is 65.5 Å². The summed E-state index contributed by atoms with van der Waals surface area (Å²) in [5, 5.41) is 19.4. The second-order valence-corrected chi connectivity index (χ2v) is 6.74. The molecule has 7 nitrogen and oxygen atoms in total. The molecule has 0 aromatic heterocycles. The van der Waals surface area contributed by atoms with Gasteiger partial charge < -0.3 is 24.4 Å². The Morgan fingerprint density at radius 1 is 1.07 bits per heavy atom. The molecule has 2 unspecified atom stereocenters. The highest BCUT2D eigenvalue weighted by molar-refractivity contribution is 5.72. The number of aliphatic hydroxyl groups excluding tert-OH is 1. The van der Waals surface area contributed by atoms with E-state index in [1.807, 2.05) is 0 Å². The van der Waals surface area contributed by atoms with Gasteiger partial charge in [0.05, 0.1) is 12.7 Å². The number of benzene rings is 2. The molecule has 0 aliphatic carbocycles. The second kappa shape index (κ2) is 11.1. The smallest absolute Gasteiger partial charge is 0.333 e. The highest BCUT2D eigenvalue weighted by Gasteiger charge is 2.20. The first-order valence-electron chi connectivity index (χ1n) is 9.25. The molecule has 0 bridgehead atoms. The predicted octanol–water partition coefficient (Wildman–Crippen LogP) is 3.48. The SMILES string of the molecule is [C-]#[N+]c1ccc(OCC(O)COc2cccc(CC(OC(C)C)C(=O)O)c2)cc1. The number of aliphatic carboxylic acids is 1. The molecule has 2 N–H and O–H groups in total. The Morgan fingerprint density at radius 2 is 1.72 bits per heavy atom. The summed E-state index contributed by atoms with van der Waals surface area (Å²) in [6, 6.07) is 13.7. The van der Waals surface area contributed by atoms with E-state index in [-0.39, 0.29) is 25.7 Å². The van der Waals surface area contributed by atoms with Crippen molar-refractivity contribution < 1.29 is 29.2 Å². The van der Waals surface area contributed by atoms with Crippen LogP contribution in [0.1, 0.15) is 19.4 Å². The molecule has 2 aromatic carbocycles. The largest absolute Gasteiger partial charge is 0.491 e. The molecule has 29 heavy (non-hydrogen) atoms. The van der Waals surface area contributed by atoms with E-state index in [0.717, 1.165) is 5.56 Å². The topological polar surface area (TPSA) is 89.6 Å². The number of hydrogen-bond donors (Lipinski definition) is 2. The lowest BCUT2D eigenvalue weighted by Crippen LogP contribution is -2.29. The average Bonchev–Trinajstić information content (AvgIpc) is 2.70. The van der Waals surface area contributed by atoms with Gasteiger partial charge in [0.2, 0.25) is 0 Å². The van der Waals surface area contributed by atoms with Crippen LogP contribution in [-0.4, -0.2) is 47.7 Å². The first kappa shape index (κ1) is 22.2. The minimum Gasteiger partial charge on any atom is -0.491 e. The van der Waals surface area contributed by atoms with Crippen LogP contribution in [0.3, 0.4) is 0 Å². The van der Waals surface area contributed by atoms with Crippen LogP contribution in [0.4, 0.5) is 5.69 Å². The number of carboxylic acid groups (broad SMARTS) is 1. The molecule has 0 saturated carbocycles. The summed E-state index contributed by atoms with van der Waals surface area (Å²) in [4.78, 5) is 14.6. The summed E-state index contributed by atoms with van der Waals surface area (Å²) in [6.45, 7) is 10.6. The van der Waals surface area contributed by atoms with Crippen molar-refractivity contribution in [2.24, 2.45) is 0 Å². The Hall–Kier alpha value is -3.08. The van der Waals surface area contributed by atoms with Gasteiger partial charge in [-0.15, -0.1) is 0 Å².